The molecule has 0 bridgehead atoms. The van der Waals surface area contributed by atoms with E-state index in [1.165, 1.54) is 34.9 Å². The third kappa shape index (κ3) is 2.26. The number of nitro benzene ring substituents is 1. The summed E-state index contributed by atoms with van der Waals surface area (Å²) < 4.78 is 0.779. The van der Waals surface area contributed by atoms with Crippen LogP contribution in [0.4, 0.5) is 17.1 Å². The lowest BCUT2D eigenvalue weighted by atomic mass is 10.0. The number of anilines is 2. The van der Waals surface area contributed by atoms with Crippen LogP contribution in [-0.4, -0.2) is 22.5 Å². The van der Waals surface area contributed by atoms with Gasteiger partial charge in [0.1, 0.15) is 0 Å². The molecule has 2 heterocycles. The van der Waals surface area contributed by atoms with Crippen LogP contribution in [0, 0.1) is 10.1 Å². The van der Waals surface area contributed by atoms with Gasteiger partial charge in [0.05, 0.1) is 16.4 Å². The minimum atomic E-state index is -1.26. The van der Waals surface area contributed by atoms with E-state index >= 15 is 0 Å². The molecule has 1 saturated heterocycles. The third-order valence-electron chi connectivity index (χ3n) is 4.17. The van der Waals surface area contributed by atoms with Crippen molar-refractivity contribution in [2.24, 2.45) is 0 Å². The summed E-state index contributed by atoms with van der Waals surface area (Å²) in [5.41, 5.74) is 1.48. The van der Waals surface area contributed by atoms with Crippen LogP contribution in [0.15, 0.2) is 46.9 Å². The first-order valence-corrected chi connectivity index (χ1v) is 9.04. The number of nitro groups is 1. The van der Waals surface area contributed by atoms with E-state index in [2.05, 4.69) is 21.2 Å². The molecule has 2 aliphatic heterocycles. The molecule has 7 nitrogen and oxygen atoms in total. The molecule has 1 spiro atoms. The van der Waals surface area contributed by atoms with Crippen molar-refractivity contribution in [3.8, 4) is 0 Å². The van der Waals surface area contributed by atoms with Gasteiger partial charge in [0, 0.05) is 27.9 Å². The molecule has 9 heteroatoms. The molecule has 1 atom stereocenters. The number of amides is 2. The van der Waals surface area contributed by atoms with Crippen LogP contribution in [0.1, 0.15) is 5.56 Å². The fourth-order valence-electron chi connectivity index (χ4n) is 3.14. The van der Waals surface area contributed by atoms with Gasteiger partial charge in [-0.05, 0) is 24.3 Å². The zero-order valence-electron chi connectivity index (χ0n) is 12.6. The zero-order valence-corrected chi connectivity index (χ0v) is 15.0. The van der Waals surface area contributed by atoms with Gasteiger partial charge >= 0.3 is 0 Å². The molecule has 2 aliphatic rings. The maximum Gasteiger partial charge on any atom is 0.271 e. The molecule has 0 aromatic heterocycles. The molecule has 4 rings (SSSR count). The lowest BCUT2D eigenvalue weighted by Crippen LogP contribution is -2.47. The summed E-state index contributed by atoms with van der Waals surface area (Å²) in [6.07, 6.45) is 0. The summed E-state index contributed by atoms with van der Waals surface area (Å²) in [5, 5.41) is 13.9. The van der Waals surface area contributed by atoms with Crippen LogP contribution in [0.25, 0.3) is 0 Å². The Kier molecular flexibility index (Phi) is 3.58. The molecular formula is C16H10BrN3O4S. The number of benzene rings is 2. The van der Waals surface area contributed by atoms with E-state index in [0.29, 0.717) is 16.9 Å². The second kappa shape index (κ2) is 5.57. The topological polar surface area (TPSA) is 92.6 Å². The standard InChI is InChI=1S/C16H10BrN3O4S/c17-9-4-5-13-12(6-9)16(15(22)18-13)19(14(21)8-25-16)10-2-1-3-11(7-10)20(23)24/h1-7H,8H2,(H,18,22). The number of carbonyl (C=O) groups is 2. The van der Waals surface area contributed by atoms with E-state index in [1.807, 2.05) is 0 Å². The van der Waals surface area contributed by atoms with Gasteiger partial charge in [-0.2, -0.15) is 0 Å². The Morgan fingerprint density at radius 3 is 2.80 bits per heavy atom. The molecule has 0 aliphatic carbocycles. The van der Waals surface area contributed by atoms with Crippen molar-refractivity contribution in [1.82, 2.24) is 0 Å². The second-order valence-electron chi connectivity index (χ2n) is 5.58. The number of fused-ring (bicyclic) bond motifs is 2. The van der Waals surface area contributed by atoms with E-state index in [0.717, 1.165) is 4.47 Å². The van der Waals surface area contributed by atoms with Crippen LogP contribution in [0.3, 0.4) is 0 Å². The van der Waals surface area contributed by atoms with Crippen molar-refractivity contribution in [2.45, 2.75) is 4.87 Å². The zero-order chi connectivity index (χ0) is 17.8. The van der Waals surface area contributed by atoms with E-state index in [9.17, 15) is 19.7 Å². The SMILES string of the molecule is O=C1CSC2(C(=O)Nc3ccc(Br)cc32)N1c1cccc([N+](=O)[O-])c1. The van der Waals surface area contributed by atoms with Gasteiger partial charge in [-0.3, -0.25) is 24.6 Å². The summed E-state index contributed by atoms with van der Waals surface area (Å²) in [6.45, 7) is 0. The van der Waals surface area contributed by atoms with Crippen molar-refractivity contribution in [1.29, 1.82) is 0 Å². The number of carbonyl (C=O) groups excluding carboxylic acids is 2. The highest BCUT2D eigenvalue weighted by Crippen LogP contribution is 2.54. The van der Waals surface area contributed by atoms with Crippen LogP contribution < -0.4 is 10.2 Å². The van der Waals surface area contributed by atoms with E-state index in [1.54, 1.807) is 24.3 Å². The lowest BCUT2D eigenvalue weighted by molar-refractivity contribution is -0.384. The molecule has 25 heavy (non-hydrogen) atoms. The molecule has 2 aromatic carbocycles. The molecule has 0 saturated carbocycles. The number of halogens is 1. The average molecular weight is 420 g/mol. The van der Waals surface area contributed by atoms with Crippen molar-refractivity contribution >= 4 is 56.6 Å². The first-order valence-electron chi connectivity index (χ1n) is 7.26. The molecular weight excluding hydrogens is 410 g/mol. The Hall–Kier alpha value is -2.39. The largest absolute Gasteiger partial charge is 0.323 e. The van der Waals surface area contributed by atoms with Crippen LogP contribution in [-0.2, 0) is 14.5 Å². The summed E-state index contributed by atoms with van der Waals surface area (Å²) in [6, 6.07) is 11.1. The Labute approximate surface area is 154 Å². The molecule has 0 radical (unpaired) electrons. The van der Waals surface area contributed by atoms with E-state index in [4.69, 9.17) is 0 Å². The van der Waals surface area contributed by atoms with Crippen molar-refractivity contribution in [3.05, 3.63) is 62.6 Å². The van der Waals surface area contributed by atoms with Gasteiger partial charge in [-0.25, -0.2) is 0 Å². The summed E-state index contributed by atoms with van der Waals surface area (Å²) in [4.78, 5) is 36.1. The monoisotopic (exact) mass is 419 g/mol. The maximum absolute atomic E-state index is 12.8. The summed E-state index contributed by atoms with van der Waals surface area (Å²) in [5.74, 6) is -0.487. The molecule has 2 amide bonds. The number of nitrogens with one attached hydrogen (secondary N) is 1. The Bertz CT molecular complexity index is 951. The van der Waals surface area contributed by atoms with Crippen LogP contribution in [0.5, 0.6) is 0 Å². The van der Waals surface area contributed by atoms with E-state index in [-0.39, 0.29) is 23.3 Å². The minimum Gasteiger partial charge on any atom is -0.323 e. The number of rotatable bonds is 2. The first kappa shape index (κ1) is 16.1. The van der Waals surface area contributed by atoms with Crippen molar-refractivity contribution < 1.29 is 14.5 Å². The Balaban J connectivity index is 1.92. The number of nitrogens with zero attached hydrogens (tertiary/aromatic N) is 2. The van der Waals surface area contributed by atoms with Gasteiger partial charge in [-0.1, -0.05) is 22.0 Å². The highest BCUT2D eigenvalue weighted by atomic mass is 79.9. The van der Waals surface area contributed by atoms with E-state index < -0.39 is 9.79 Å². The normalized spacial score (nSPS) is 21.6. The maximum atomic E-state index is 12.8. The van der Waals surface area contributed by atoms with Gasteiger partial charge in [-0.15, -0.1) is 11.8 Å². The quantitative estimate of drug-likeness (QED) is 0.595. The fraction of sp³-hybridized carbons (Fsp3) is 0.125. The predicted molar refractivity (Wildman–Crippen MR) is 97.5 cm³/mol. The highest BCUT2D eigenvalue weighted by Gasteiger charge is 2.58. The van der Waals surface area contributed by atoms with Crippen LogP contribution >= 0.6 is 27.7 Å². The lowest BCUT2D eigenvalue weighted by Gasteiger charge is -2.32. The van der Waals surface area contributed by atoms with Crippen molar-refractivity contribution in [2.75, 3.05) is 16.0 Å². The number of non-ortho nitro benzene ring substituents is 1. The fourth-order valence-corrected chi connectivity index (χ4v) is 4.81. The number of hydrogen-bond acceptors (Lipinski definition) is 5. The minimum absolute atomic E-state index is 0.113. The van der Waals surface area contributed by atoms with Gasteiger partial charge in [0.15, 0.2) is 0 Å². The molecule has 1 unspecified atom stereocenters. The van der Waals surface area contributed by atoms with Gasteiger partial charge in [0.2, 0.25) is 10.8 Å². The Morgan fingerprint density at radius 1 is 1.24 bits per heavy atom. The molecule has 1 N–H and O–H groups in total. The summed E-state index contributed by atoms with van der Waals surface area (Å²) >= 11 is 4.61. The smallest absolute Gasteiger partial charge is 0.271 e. The number of thioether (sulfide) groups is 1. The van der Waals surface area contributed by atoms with Gasteiger partial charge in [0.25, 0.3) is 11.6 Å². The molecule has 126 valence electrons. The predicted octanol–water partition coefficient (Wildman–Crippen LogP) is 3.24. The first-order chi connectivity index (χ1) is 11.9. The third-order valence-corrected chi connectivity index (χ3v) is 6.06. The van der Waals surface area contributed by atoms with Crippen LogP contribution in [0.2, 0.25) is 0 Å². The van der Waals surface area contributed by atoms with Crippen molar-refractivity contribution in [3.63, 3.8) is 0 Å². The average Bonchev–Trinajstić information content (AvgIpc) is 3.07. The number of hydrogen-bond donors (Lipinski definition) is 1. The molecule has 2 aromatic rings. The molecule has 1 fully saturated rings. The Morgan fingerprint density at radius 2 is 2.04 bits per heavy atom. The summed E-state index contributed by atoms with van der Waals surface area (Å²) in [7, 11) is 0. The highest BCUT2D eigenvalue weighted by molar-refractivity contribution is 9.10. The van der Waals surface area contributed by atoms with Gasteiger partial charge < -0.3 is 5.32 Å². The second-order valence-corrected chi connectivity index (χ2v) is 7.67.